The van der Waals surface area contributed by atoms with Gasteiger partial charge in [0.05, 0.1) is 11.3 Å². The average Bonchev–Trinajstić information content (AvgIpc) is 3.22. The van der Waals surface area contributed by atoms with Gasteiger partial charge in [0.15, 0.2) is 0 Å². The van der Waals surface area contributed by atoms with E-state index in [9.17, 15) is 9.59 Å². The van der Waals surface area contributed by atoms with Crippen LogP contribution >= 0.6 is 0 Å². The Kier molecular flexibility index (Phi) is 3.11. The molecule has 0 bridgehead atoms. The van der Waals surface area contributed by atoms with Gasteiger partial charge in [-0.2, -0.15) is 0 Å². The van der Waals surface area contributed by atoms with Gasteiger partial charge in [-0.15, -0.1) is 0 Å². The van der Waals surface area contributed by atoms with Crippen molar-refractivity contribution in [3.05, 3.63) is 29.8 Å². The zero-order valence-electron chi connectivity index (χ0n) is 11.1. The predicted molar refractivity (Wildman–Crippen MR) is 73.3 cm³/mol. The van der Waals surface area contributed by atoms with Crippen molar-refractivity contribution >= 4 is 17.4 Å². The van der Waals surface area contributed by atoms with Gasteiger partial charge in [-0.05, 0) is 37.4 Å². The minimum absolute atomic E-state index is 0.337. The molecule has 4 nitrogen and oxygen atoms in total. The minimum Gasteiger partial charge on any atom is -0.314 e. The van der Waals surface area contributed by atoms with Crippen LogP contribution in [-0.4, -0.2) is 30.8 Å². The maximum atomic E-state index is 12.0. The lowest BCUT2D eigenvalue weighted by molar-refractivity contribution is -0.114. The number of rotatable bonds is 5. The van der Waals surface area contributed by atoms with Gasteiger partial charge in [-0.1, -0.05) is 19.1 Å². The Balaban J connectivity index is 1.69. The van der Waals surface area contributed by atoms with Gasteiger partial charge >= 0.3 is 0 Å². The lowest BCUT2D eigenvalue weighted by Crippen LogP contribution is -2.37. The highest BCUT2D eigenvalue weighted by atomic mass is 16.2. The van der Waals surface area contributed by atoms with Crippen LogP contribution in [0.25, 0.3) is 0 Å². The third-order valence-electron chi connectivity index (χ3n) is 3.71. The van der Waals surface area contributed by atoms with E-state index in [1.54, 1.807) is 17.0 Å². The second kappa shape index (κ2) is 4.78. The van der Waals surface area contributed by atoms with Gasteiger partial charge < -0.3 is 10.2 Å². The number of nitrogens with zero attached hydrogens (tertiary/aromatic N) is 1. The zero-order valence-corrected chi connectivity index (χ0v) is 11.1. The molecule has 0 saturated heterocycles. The molecule has 0 aromatic heterocycles. The molecule has 0 spiro atoms. The highest BCUT2D eigenvalue weighted by Crippen LogP contribution is 2.29. The molecule has 1 heterocycles. The fraction of sp³-hybridized carbons (Fsp3) is 0.467. The molecule has 1 atom stereocenters. The Morgan fingerprint density at radius 2 is 2.05 bits per heavy atom. The van der Waals surface area contributed by atoms with Crippen LogP contribution in [0, 0.1) is 5.92 Å². The van der Waals surface area contributed by atoms with Crippen molar-refractivity contribution < 1.29 is 9.59 Å². The summed E-state index contributed by atoms with van der Waals surface area (Å²) in [6.07, 6.45) is 2.52. The second-order valence-electron chi connectivity index (χ2n) is 5.55. The van der Waals surface area contributed by atoms with Crippen molar-refractivity contribution in [2.75, 3.05) is 18.0 Å². The number of nitrogens with one attached hydrogen (secondary N) is 1. The van der Waals surface area contributed by atoms with E-state index in [1.165, 1.54) is 12.8 Å². The topological polar surface area (TPSA) is 49.4 Å². The predicted octanol–water partition coefficient (Wildman–Crippen LogP) is 1.60. The van der Waals surface area contributed by atoms with Crippen molar-refractivity contribution in [3.63, 3.8) is 0 Å². The van der Waals surface area contributed by atoms with Crippen LogP contribution in [0.15, 0.2) is 24.3 Å². The molecule has 19 heavy (non-hydrogen) atoms. The number of hydrogen-bond donors (Lipinski definition) is 1. The van der Waals surface area contributed by atoms with Crippen LogP contribution in [0.3, 0.4) is 0 Å². The smallest absolute Gasteiger partial charge is 0.299 e. The van der Waals surface area contributed by atoms with Gasteiger partial charge in [-0.3, -0.25) is 9.59 Å². The Labute approximate surface area is 112 Å². The normalized spacial score (nSPS) is 19.7. The first kappa shape index (κ1) is 12.4. The molecule has 1 amide bonds. The summed E-state index contributed by atoms with van der Waals surface area (Å²) in [5.74, 6) is -0.430. The summed E-state index contributed by atoms with van der Waals surface area (Å²) >= 11 is 0. The number of fused-ring (bicyclic) bond motifs is 1. The van der Waals surface area contributed by atoms with E-state index in [1.807, 2.05) is 12.1 Å². The third kappa shape index (κ3) is 2.40. The highest BCUT2D eigenvalue weighted by molar-refractivity contribution is 6.52. The summed E-state index contributed by atoms with van der Waals surface area (Å²) in [5.41, 5.74) is 1.30. The molecular weight excluding hydrogens is 240 g/mol. The number of Topliss-reactive ketones (excluding diaryl/α,β-unsaturated/α-hetero) is 1. The molecule has 1 unspecified atom stereocenters. The molecule has 3 rings (SSSR count). The van der Waals surface area contributed by atoms with Crippen LogP contribution in [0.1, 0.15) is 30.1 Å². The monoisotopic (exact) mass is 258 g/mol. The Bertz CT molecular complexity index is 523. The molecule has 1 saturated carbocycles. The Morgan fingerprint density at radius 3 is 2.79 bits per heavy atom. The number of hydrogen-bond acceptors (Lipinski definition) is 3. The number of benzene rings is 1. The van der Waals surface area contributed by atoms with E-state index in [4.69, 9.17) is 0 Å². The molecule has 2 aliphatic rings. The summed E-state index contributed by atoms with van der Waals surface area (Å²) in [4.78, 5) is 25.5. The van der Waals surface area contributed by atoms with E-state index in [0.717, 1.165) is 12.2 Å². The van der Waals surface area contributed by atoms with Gasteiger partial charge in [0, 0.05) is 12.6 Å². The number of carbonyl (C=O) groups is 2. The van der Waals surface area contributed by atoms with Gasteiger partial charge in [-0.25, -0.2) is 0 Å². The minimum atomic E-state index is -0.389. The summed E-state index contributed by atoms with van der Waals surface area (Å²) in [6.45, 7) is 3.60. The lowest BCUT2D eigenvalue weighted by Gasteiger charge is -2.21. The summed E-state index contributed by atoms with van der Waals surface area (Å²) < 4.78 is 0. The van der Waals surface area contributed by atoms with E-state index in [-0.39, 0.29) is 11.7 Å². The number of amides is 1. The molecular formula is C15H18N2O2. The number of para-hydroxylation sites is 1. The number of ketones is 1. The molecule has 1 aliphatic carbocycles. The fourth-order valence-corrected chi connectivity index (χ4v) is 2.46. The van der Waals surface area contributed by atoms with Crippen LogP contribution in [0.2, 0.25) is 0 Å². The molecule has 1 aromatic rings. The van der Waals surface area contributed by atoms with Gasteiger partial charge in [0.25, 0.3) is 11.7 Å². The third-order valence-corrected chi connectivity index (χ3v) is 3.71. The summed E-state index contributed by atoms with van der Waals surface area (Å²) in [6, 6.07) is 7.91. The molecule has 1 N–H and O–H groups in total. The first-order valence-corrected chi connectivity index (χ1v) is 6.85. The maximum Gasteiger partial charge on any atom is 0.299 e. The van der Waals surface area contributed by atoms with E-state index >= 15 is 0 Å². The first-order valence-electron chi connectivity index (χ1n) is 6.85. The SMILES string of the molecule is CC(CNC1CC1)CN1C(=O)C(=O)c2ccccc21. The van der Waals surface area contributed by atoms with Crippen LogP contribution in [-0.2, 0) is 4.79 Å². The molecule has 4 heteroatoms. The van der Waals surface area contributed by atoms with Gasteiger partial charge in [0.2, 0.25) is 0 Å². The highest BCUT2D eigenvalue weighted by Gasteiger charge is 2.35. The standard InChI is InChI=1S/C15H18N2O2/c1-10(8-16-11-6-7-11)9-17-13-5-3-2-4-12(13)14(18)15(17)19/h2-5,10-11,16H,6-9H2,1H3. The van der Waals surface area contributed by atoms with Crippen LogP contribution in [0.5, 0.6) is 0 Å². The van der Waals surface area contributed by atoms with E-state index in [2.05, 4.69) is 12.2 Å². The van der Waals surface area contributed by atoms with Crippen LogP contribution in [0.4, 0.5) is 5.69 Å². The Morgan fingerprint density at radius 1 is 1.32 bits per heavy atom. The molecule has 1 aliphatic heterocycles. The van der Waals surface area contributed by atoms with Crippen molar-refractivity contribution in [3.8, 4) is 0 Å². The van der Waals surface area contributed by atoms with Crippen LogP contribution < -0.4 is 10.2 Å². The number of anilines is 1. The molecule has 1 fully saturated rings. The zero-order chi connectivity index (χ0) is 13.4. The molecule has 1 aromatic carbocycles. The van der Waals surface area contributed by atoms with Crippen molar-refractivity contribution in [2.24, 2.45) is 5.92 Å². The van der Waals surface area contributed by atoms with Crippen molar-refractivity contribution in [1.29, 1.82) is 0 Å². The second-order valence-corrected chi connectivity index (χ2v) is 5.55. The van der Waals surface area contributed by atoms with Crippen molar-refractivity contribution in [1.82, 2.24) is 5.32 Å². The summed E-state index contributed by atoms with van der Waals surface area (Å²) in [5, 5.41) is 3.46. The maximum absolute atomic E-state index is 12.0. The van der Waals surface area contributed by atoms with Gasteiger partial charge in [0.1, 0.15) is 0 Å². The fourth-order valence-electron chi connectivity index (χ4n) is 2.46. The number of carbonyl (C=O) groups excluding carboxylic acids is 2. The average molecular weight is 258 g/mol. The van der Waals surface area contributed by atoms with Crippen molar-refractivity contribution in [2.45, 2.75) is 25.8 Å². The summed E-state index contributed by atoms with van der Waals surface area (Å²) in [7, 11) is 0. The largest absolute Gasteiger partial charge is 0.314 e. The molecule has 100 valence electrons. The van der Waals surface area contributed by atoms with E-state index in [0.29, 0.717) is 24.1 Å². The quantitative estimate of drug-likeness (QED) is 0.816. The van der Waals surface area contributed by atoms with E-state index < -0.39 is 0 Å². The molecule has 0 radical (unpaired) electrons. The first-order chi connectivity index (χ1) is 9.16. The Hall–Kier alpha value is -1.68. The lowest BCUT2D eigenvalue weighted by atomic mass is 10.1.